The first-order valence-electron chi connectivity index (χ1n) is 40.2. The van der Waals surface area contributed by atoms with Crippen LogP contribution in [0.1, 0.15) is 133 Å². The Morgan fingerprint density at radius 3 is 1.44 bits per heavy atom. The lowest BCUT2D eigenvalue weighted by atomic mass is 10.1. The summed E-state index contributed by atoms with van der Waals surface area (Å²) in [4.78, 5) is 174. The summed E-state index contributed by atoms with van der Waals surface area (Å²) in [7, 11) is 0. The Labute approximate surface area is 698 Å². The molecule has 8 N–H and O–H groups in total. The average molecular weight is 1700 g/mol. The van der Waals surface area contributed by atoms with E-state index >= 15 is 0 Å². The number of esters is 2. The van der Waals surface area contributed by atoms with Gasteiger partial charge >= 0.3 is 23.9 Å². The number of nitrogens with one attached hydrogen (secondary N) is 6. The van der Waals surface area contributed by atoms with Crippen molar-refractivity contribution in [3.05, 3.63) is 72.1 Å². The molecule has 0 bridgehead atoms. The largest absolute Gasteiger partial charge is 0.494 e. The van der Waals surface area contributed by atoms with Crippen molar-refractivity contribution in [2.45, 2.75) is 159 Å². The predicted molar refractivity (Wildman–Crippen MR) is 426 cm³/mol. The summed E-state index contributed by atoms with van der Waals surface area (Å²) < 4.78 is 90.8. The van der Waals surface area contributed by atoms with Gasteiger partial charge in [-0.15, -0.1) is 0 Å². The van der Waals surface area contributed by atoms with Crippen molar-refractivity contribution in [1.82, 2.24) is 71.3 Å². The Balaban J connectivity index is 0.873. The Kier molecular flexibility index (Phi) is 37.9. The smallest absolute Gasteiger partial charge is 0.323 e. The SMILES string of the molecule is CC(C)(C)OC(=O)CN1CCN(CC(=O)O)CCN(CC(=O)O)CCN(C(CCC(=O)NCCOCCOCCC(=O)N[C@@H](CCC(=O)NCCCCOc2ccc3nccc(C(=O)NCC(=O)N4CC(F)(F)CC4C#N)c3c2)C(=O)NCCCCOc2ccc3nccc(C(=O)NCC(=O)N4CC(F)(F)CC4C#N)c3c2)C(=O)OC(C)(C)C)CC1. The van der Waals surface area contributed by atoms with E-state index in [1.165, 1.54) is 24.5 Å². The fourth-order valence-corrected chi connectivity index (χ4v) is 13.4. The molecule has 121 heavy (non-hydrogen) atoms. The zero-order chi connectivity index (χ0) is 88.5. The van der Waals surface area contributed by atoms with Crippen LogP contribution < -0.4 is 41.4 Å². The number of hydrogen-bond donors (Lipinski definition) is 8. The zero-order valence-corrected chi connectivity index (χ0v) is 69.1. The van der Waals surface area contributed by atoms with Gasteiger partial charge < -0.3 is 80.3 Å². The van der Waals surface area contributed by atoms with E-state index in [0.29, 0.717) is 59.0 Å². The number of nitriles is 2. The Morgan fingerprint density at radius 1 is 0.521 bits per heavy atom. The average Bonchev–Trinajstić information content (AvgIpc) is 1.43. The number of aromatic nitrogens is 2. The molecule has 4 atom stereocenters. The monoisotopic (exact) mass is 1700 g/mol. The molecule has 40 heteroatoms. The van der Waals surface area contributed by atoms with Gasteiger partial charge in [0.25, 0.3) is 23.7 Å². The zero-order valence-electron chi connectivity index (χ0n) is 69.1. The lowest BCUT2D eigenvalue weighted by Gasteiger charge is -2.37. The molecule has 662 valence electrons. The van der Waals surface area contributed by atoms with Crippen molar-refractivity contribution >= 4 is 92.9 Å². The Bertz CT molecular complexity index is 4330. The summed E-state index contributed by atoms with van der Waals surface area (Å²) >= 11 is 0. The number of likely N-dealkylation sites (tertiary alicyclic amines) is 2. The first-order chi connectivity index (χ1) is 57.4. The van der Waals surface area contributed by atoms with Crippen LogP contribution in [0.5, 0.6) is 11.5 Å². The molecular formula is C81H110F4N16O20. The Hall–Kier alpha value is -11.0. The molecule has 5 heterocycles. The van der Waals surface area contributed by atoms with E-state index in [0.717, 1.165) is 9.80 Å². The number of ether oxygens (including phenoxy) is 6. The summed E-state index contributed by atoms with van der Waals surface area (Å²) in [6, 6.07) is 11.1. The highest BCUT2D eigenvalue weighted by atomic mass is 19.3. The number of benzene rings is 2. The van der Waals surface area contributed by atoms with Crippen LogP contribution >= 0.6 is 0 Å². The molecule has 4 aromatic rings. The lowest BCUT2D eigenvalue weighted by Crippen LogP contribution is -2.53. The third-order valence-corrected chi connectivity index (χ3v) is 19.3. The number of carboxylic acids is 2. The molecule has 3 fully saturated rings. The number of halogens is 4. The second kappa shape index (κ2) is 47.2. The van der Waals surface area contributed by atoms with Crippen molar-refractivity contribution in [2.75, 3.05) is 157 Å². The van der Waals surface area contributed by atoms with Crippen LogP contribution in [0.15, 0.2) is 60.9 Å². The standard InChI is InChI=1S/C81H110F4N16O20/c1-78(2,3)120-73(111)51-98-30-29-96(49-71(107)108)27-28-97(50-72(109)110)31-33-99(34-32-98)65(77(115)121-79(4,5)6)16-18-67(103)91-26-38-117-40-39-116-37-21-68(104)95-64(76(114)92-23-8-10-36-119-57-12-14-63-61(42-57)59(20-25-89-63)75(113)94-48-70(106)101-53-81(84,85)44-55(101)46-87)15-17-66(102)90-22-7-9-35-118-56-11-13-62-60(41-56)58(19-24-88-62)74(112)93-47-69(105)100-52-80(82,83)43-54(100)45-86/h11-14,19-20,24-25,41-42,54-55,64-65H,7-10,15-18,21-23,26-40,43-44,47-53H2,1-6H3,(H,90,102)(H,91,103)(H,92,114)(H,93,112)(H,94,113)(H,95,104)(H,107,108)(H,109,110)/t54?,55?,64-,65?/m0/s1. The minimum Gasteiger partial charge on any atom is -0.494 e. The molecule has 3 aliphatic heterocycles. The van der Waals surface area contributed by atoms with Crippen molar-refractivity contribution in [2.24, 2.45) is 0 Å². The summed E-state index contributed by atoms with van der Waals surface area (Å²) in [5, 5.41) is 54.9. The van der Waals surface area contributed by atoms with Crippen molar-refractivity contribution < 1.29 is 114 Å². The number of pyridine rings is 2. The van der Waals surface area contributed by atoms with Gasteiger partial charge in [0.2, 0.25) is 35.4 Å². The minimum absolute atomic E-state index is 0.00770. The molecule has 2 aromatic heterocycles. The number of amides is 8. The summed E-state index contributed by atoms with van der Waals surface area (Å²) in [6.07, 6.45) is 2.27. The number of carbonyl (C=O) groups is 12. The third-order valence-electron chi connectivity index (χ3n) is 19.3. The van der Waals surface area contributed by atoms with E-state index in [-0.39, 0.29) is 174 Å². The van der Waals surface area contributed by atoms with E-state index < -0.39 is 157 Å². The molecular weight excluding hydrogens is 1590 g/mol. The van der Waals surface area contributed by atoms with Crippen LogP contribution in [0.2, 0.25) is 0 Å². The highest BCUT2D eigenvalue weighted by Crippen LogP contribution is 2.34. The second-order valence-electron chi connectivity index (χ2n) is 31.5. The van der Waals surface area contributed by atoms with Crippen LogP contribution in [-0.2, 0) is 66.9 Å². The van der Waals surface area contributed by atoms with Gasteiger partial charge in [-0.1, -0.05) is 0 Å². The van der Waals surface area contributed by atoms with Crippen LogP contribution in [0.25, 0.3) is 21.8 Å². The first kappa shape index (κ1) is 97.1. The van der Waals surface area contributed by atoms with Gasteiger partial charge in [-0.3, -0.25) is 87.1 Å². The number of carboxylic acid groups (broad SMARTS) is 2. The summed E-state index contributed by atoms with van der Waals surface area (Å²) in [5.41, 5.74) is -0.635. The molecule has 0 spiro atoms. The second-order valence-corrected chi connectivity index (χ2v) is 31.5. The summed E-state index contributed by atoms with van der Waals surface area (Å²) in [6.45, 7) is 8.62. The number of nitrogens with zero attached hydrogens (tertiary/aromatic N) is 10. The van der Waals surface area contributed by atoms with Gasteiger partial charge in [-0.05, 0) is 129 Å². The van der Waals surface area contributed by atoms with Crippen molar-refractivity contribution in [1.29, 1.82) is 10.5 Å². The molecule has 0 aliphatic carbocycles. The number of fused-ring (bicyclic) bond motifs is 2. The van der Waals surface area contributed by atoms with Crippen LogP contribution in [0, 0.1) is 22.7 Å². The lowest BCUT2D eigenvalue weighted by molar-refractivity contribution is -0.163. The number of rotatable bonds is 43. The molecule has 3 unspecified atom stereocenters. The fraction of sp³-hybridized carbons (Fsp3) is 0.605. The maximum Gasteiger partial charge on any atom is 0.323 e. The first-order valence-corrected chi connectivity index (χ1v) is 40.2. The van der Waals surface area contributed by atoms with Gasteiger partial charge in [0.15, 0.2) is 0 Å². The van der Waals surface area contributed by atoms with Gasteiger partial charge in [0, 0.05) is 127 Å². The highest BCUT2D eigenvalue weighted by molar-refractivity contribution is 6.08. The summed E-state index contributed by atoms with van der Waals surface area (Å²) in [5.74, 6) is -14.1. The van der Waals surface area contributed by atoms with Crippen molar-refractivity contribution in [3.63, 3.8) is 0 Å². The number of unbranched alkanes of at least 4 members (excludes halogenated alkanes) is 2. The number of alkyl halides is 4. The molecule has 0 saturated carbocycles. The molecule has 3 saturated heterocycles. The molecule has 2 aromatic carbocycles. The quantitative estimate of drug-likeness (QED) is 0.0179. The minimum atomic E-state index is -3.24. The fourth-order valence-electron chi connectivity index (χ4n) is 13.4. The maximum atomic E-state index is 14.1. The number of carbonyl (C=O) groups excluding carboxylic acids is 10. The molecule has 7 rings (SSSR count). The molecule has 0 radical (unpaired) electrons. The van der Waals surface area contributed by atoms with Gasteiger partial charge in [-0.2, -0.15) is 10.5 Å². The van der Waals surface area contributed by atoms with E-state index in [4.69, 9.17) is 28.4 Å². The third kappa shape index (κ3) is 34.2. The predicted octanol–water partition coefficient (Wildman–Crippen LogP) is 3.04. The number of aliphatic carboxylic acids is 2. The molecule has 3 aliphatic rings. The molecule has 8 amide bonds. The number of hydrogen-bond acceptors (Lipinski definition) is 26. The van der Waals surface area contributed by atoms with Gasteiger partial charge in [-0.25, -0.2) is 17.6 Å². The van der Waals surface area contributed by atoms with E-state index in [9.17, 15) is 95.8 Å². The van der Waals surface area contributed by atoms with Crippen LogP contribution in [0.4, 0.5) is 17.6 Å². The maximum absolute atomic E-state index is 14.1. The Morgan fingerprint density at radius 2 is 0.967 bits per heavy atom. The van der Waals surface area contributed by atoms with Crippen LogP contribution in [-0.4, -0.2) is 325 Å². The topological polar surface area (TPSA) is 466 Å². The van der Waals surface area contributed by atoms with Crippen molar-refractivity contribution in [3.8, 4) is 23.6 Å². The molecule has 36 nitrogen and oxygen atoms in total. The van der Waals surface area contributed by atoms with Crippen LogP contribution in [0.3, 0.4) is 0 Å². The van der Waals surface area contributed by atoms with E-state index in [1.54, 1.807) is 105 Å². The highest BCUT2D eigenvalue weighted by Gasteiger charge is 2.48. The van der Waals surface area contributed by atoms with Gasteiger partial charge in [0.05, 0.1) is 120 Å². The normalized spacial score (nSPS) is 17.3. The van der Waals surface area contributed by atoms with E-state index in [1.807, 2.05) is 4.90 Å². The van der Waals surface area contributed by atoms with E-state index in [2.05, 4.69) is 41.9 Å². The van der Waals surface area contributed by atoms with Gasteiger partial charge in [0.1, 0.15) is 46.9 Å².